The maximum atomic E-state index is 11.5. The first-order chi connectivity index (χ1) is 8.61. The van der Waals surface area contributed by atoms with E-state index in [9.17, 15) is 15.0 Å². The van der Waals surface area contributed by atoms with Crippen LogP contribution in [0.5, 0.6) is 11.5 Å². The first-order valence-corrected chi connectivity index (χ1v) is 5.27. The Bertz CT molecular complexity index is 538. The van der Waals surface area contributed by atoms with Gasteiger partial charge in [0.25, 0.3) is 0 Å². The molecule has 5 heteroatoms. The summed E-state index contributed by atoms with van der Waals surface area (Å²) in [6.07, 6.45) is 0. The topological polar surface area (TPSA) is 86.8 Å². The van der Waals surface area contributed by atoms with E-state index < -0.39 is 6.03 Å². The number of aromatic hydroxyl groups is 2. The van der Waals surface area contributed by atoms with Gasteiger partial charge in [-0.1, -0.05) is 24.3 Å². The Labute approximate surface area is 104 Å². The number of urea groups is 1. The smallest absolute Gasteiger partial charge is 0.324 e. The number of anilines is 2. The summed E-state index contributed by atoms with van der Waals surface area (Å²) >= 11 is 0. The number of nitrogens with zero attached hydrogens (tertiary/aromatic N) is 1. The van der Waals surface area contributed by atoms with Gasteiger partial charge in [0, 0.05) is 0 Å². The minimum Gasteiger partial charge on any atom is -0.506 e. The highest BCUT2D eigenvalue weighted by atomic mass is 16.3. The van der Waals surface area contributed by atoms with Gasteiger partial charge in [-0.3, -0.25) is 4.90 Å². The Morgan fingerprint density at radius 3 is 1.61 bits per heavy atom. The van der Waals surface area contributed by atoms with E-state index in [1.54, 1.807) is 24.3 Å². The molecule has 0 aromatic heterocycles. The summed E-state index contributed by atoms with van der Waals surface area (Å²) in [5.74, 6) is -0.195. The standard InChI is InChI=1S/C13H12N2O3/c14-13(18)15(9-5-1-3-7-11(9)16)10-6-2-4-8-12(10)17/h1-8,16-17H,(H2,14,18). The summed E-state index contributed by atoms with van der Waals surface area (Å²) in [4.78, 5) is 12.6. The van der Waals surface area contributed by atoms with Gasteiger partial charge >= 0.3 is 6.03 Å². The fraction of sp³-hybridized carbons (Fsp3) is 0. The number of benzene rings is 2. The molecule has 0 bridgehead atoms. The van der Waals surface area contributed by atoms with Gasteiger partial charge in [-0.2, -0.15) is 0 Å². The number of primary amides is 1. The highest BCUT2D eigenvalue weighted by molar-refractivity contribution is 6.01. The van der Waals surface area contributed by atoms with Crippen molar-refractivity contribution in [3.05, 3.63) is 48.5 Å². The monoisotopic (exact) mass is 244 g/mol. The Morgan fingerprint density at radius 1 is 0.889 bits per heavy atom. The molecule has 0 aliphatic carbocycles. The van der Waals surface area contributed by atoms with Gasteiger partial charge in [-0.15, -0.1) is 0 Å². The molecule has 0 radical (unpaired) electrons. The van der Waals surface area contributed by atoms with Crippen LogP contribution in [-0.2, 0) is 0 Å². The number of amides is 2. The van der Waals surface area contributed by atoms with Gasteiger partial charge in [-0.25, -0.2) is 4.79 Å². The third-order valence-corrected chi connectivity index (χ3v) is 2.47. The van der Waals surface area contributed by atoms with Crippen LogP contribution in [-0.4, -0.2) is 16.2 Å². The van der Waals surface area contributed by atoms with Gasteiger partial charge in [-0.05, 0) is 24.3 Å². The predicted octanol–water partition coefficient (Wildman–Crippen LogP) is 2.31. The summed E-state index contributed by atoms with van der Waals surface area (Å²) < 4.78 is 0. The number of nitrogens with two attached hydrogens (primary N) is 1. The Balaban J connectivity index is 2.58. The van der Waals surface area contributed by atoms with Crippen molar-refractivity contribution in [2.45, 2.75) is 0 Å². The minimum absolute atomic E-state index is 0.0976. The van der Waals surface area contributed by atoms with Crippen molar-refractivity contribution >= 4 is 17.4 Å². The Hall–Kier alpha value is -2.69. The third-order valence-electron chi connectivity index (χ3n) is 2.47. The van der Waals surface area contributed by atoms with Crippen LogP contribution in [0.15, 0.2) is 48.5 Å². The zero-order valence-corrected chi connectivity index (χ0v) is 9.45. The molecule has 18 heavy (non-hydrogen) atoms. The molecule has 0 unspecified atom stereocenters. The molecule has 92 valence electrons. The summed E-state index contributed by atoms with van der Waals surface area (Å²) in [5.41, 5.74) is 5.73. The summed E-state index contributed by atoms with van der Waals surface area (Å²) in [6, 6.07) is 11.7. The molecule has 0 aliphatic rings. The molecule has 2 aromatic carbocycles. The number of hydrogen-bond donors (Lipinski definition) is 3. The predicted molar refractivity (Wildman–Crippen MR) is 67.9 cm³/mol. The van der Waals surface area contributed by atoms with Crippen LogP contribution in [0.4, 0.5) is 16.2 Å². The van der Waals surface area contributed by atoms with Crippen LogP contribution in [0.25, 0.3) is 0 Å². The van der Waals surface area contributed by atoms with Crippen molar-refractivity contribution in [3.8, 4) is 11.5 Å². The lowest BCUT2D eigenvalue weighted by Crippen LogP contribution is -2.31. The van der Waals surface area contributed by atoms with E-state index in [1.165, 1.54) is 24.3 Å². The first kappa shape index (κ1) is 11.8. The van der Waals surface area contributed by atoms with Crippen molar-refractivity contribution in [2.75, 3.05) is 4.90 Å². The minimum atomic E-state index is -0.794. The van der Waals surface area contributed by atoms with Crippen LogP contribution in [0.3, 0.4) is 0 Å². The quantitative estimate of drug-likeness (QED) is 0.757. The number of phenolic OH excluding ortho intramolecular Hbond substituents is 2. The molecular formula is C13H12N2O3. The molecular weight excluding hydrogens is 232 g/mol. The lowest BCUT2D eigenvalue weighted by atomic mass is 10.2. The van der Waals surface area contributed by atoms with E-state index in [0.717, 1.165) is 4.90 Å². The average Bonchev–Trinajstić information content (AvgIpc) is 2.34. The van der Waals surface area contributed by atoms with Crippen LogP contribution in [0.2, 0.25) is 0 Å². The normalized spacial score (nSPS) is 10.0. The van der Waals surface area contributed by atoms with Gasteiger partial charge in [0.2, 0.25) is 0 Å². The third kappa shape index (κ3) is 2.06. The molecule has 2 aromatic rings. The van der Waals surface area contributed by atoms with E-state index in [0.29, 0.717) is 0 Å². The van der Waals surface area contributed by atoms with E-state index in [4.69, 9.17) is 5.73 Å². The van der Waals surface area contributed by atoms with Crippen LogP contribution < -0.4 is 10.6 Å². The number of para-hydroxylation sites is 4. The number of carbonyl (C=O) groups excluding carboxylic acids is 1. The second kappa shape index (κ2) is 4.67. The first-order valence-electron chi connectivity index (χ1n) is 5.27. The van der Waals surface area contributed by atoms with E-state index >= 15 is 0 Å². The zero-order chi connectivity index (χ0) is 13.1. The van der Waals surface area contributed by atoms with Gasteiger partial charge in [0.15, 0.2) is 0 Å². The van der Waals surface area contributed by atoms with E-state index in [2.05, 4.69) is 0 Å². The SMILES string of the molecule is NC(=O)N(c1ccccc1O)c1ccccc1O. The lowest BCUT2D eigenvalue weighted by Gasteiger charge is -2.22. The molecule has 2 amide bonds. The van der Waals surface area contributed by atoms with Gasteiger partial charge in [0.1, 0.15) is 11.5 Å². The molecule has 4 N–H and O–H groups in total. The zero-order valence-electron chi connectivity index (χ0n) is 9.45. The highest BCUT2D eigenvalue weighted by Crippen LogP contribution is 2.36. The molecule has 0 spiro atoms. The summed E-state index contributed by atoms with van der Waals surface area (Å²) in [5, 5.41) is 19.5. The van der Waals surface area contributed by atoms with E-state index in [1.807, 2.05) is 0 Å². The molecule has 0 fully saturated rings. The van der Waals surface area contributed by atoms with Crippen molar-refractivity contribution in [3.63, 3.8) is 0 Å². The van der Waals surface area contributed by atoms with Crippen molar-refractivity contribution in [1.29, 1.82) is 0 Å². The van der Waals surface area contributed by atoms with Gasteiger partial charge in [0.05, 0.1) is 11.4 Å². The fourth-order valence-electron chi connectivity index (χ4n) is 1.67. The van der Waals surface area contributed by atoms with Crippen molar-refractivity contribution in [2.24, 2.45) is 5.73 Å². The molecule has 0 saturated heterocycles. The van der Waals surface area contributed by atoms with Crippen LogP contribution >= 0.6 is 0 Å². The summed E-state index contributed by atoms with van der Waals surface area (Å²) in [7, 11) is 0. The van der Waals surface area contributed by atoms with E-state index in [-0.39, 0.29) is 22.9 Å². The molecule has 0 saturated carbocycles. The summed E-state index contributed by atoms with van der Waals surface area (Å²) in [6.45, 7) is 0. The maximum Gasteiger partial charge on any atom is 0.324 e. The number of carbonyl (C=O) groups is 1. The second-order valence-corrected chi connectivity index (χ2v) is 3.65. The number of hydrogen-bond acceptors (Lipinski definition) is 3. The Kier molecular flexibility index (Phi) is 3.05. The molecule has 5 nitrogen and oxygen atoms in total. The number of rotatable bonds is 2. The Morgan fingerprint density at radius 2 is 1.28 bits per heavy atom. The average molecular weight is 244 g/mol. The number of phenols is 2. The van der Waals surface area contributed by atoms with Crippen LogP contribution in [0.1, 0.15) is 0 Å². The molecule has 0 atom stereocenters. The van der Waals surface area contributed by atoms with Crippen LogP contribution in [0, 0.1) is 0 Å². The molecule has 0 aliphatic heterocycles. The highest BCUT2D eigenvalue weighted by Gasteiger charge is 2.20. The lowest BCUT2D eigenvalue weighted by molar-refractivity contribution is 0.255. The largest absolute Gasteiger partial charge is 0.506 e. The second-order valence-electron chi connectivity index (χ2n) is 3.65. The molecule has 0 heterocycles. The fourth-order valence-corrected chi connectivity index (χ4v) is 1.67. The molecule has 2 rings (SSSR count). The van der Waals surface area contributed by atoms with Gasteiger partial charge < -0.3 is 15.9 Å². The maximum absolute atomic E-state index is 11.5. The van der Waals surface area contributed by atoms with Crippen molar-refractivity contribution in [1.82, 2.24) is 0 Å². The van der Waals surface area contributed by atoms with Crippen molar-refractivity contribution < 1.29 is 15.0 Å².